The van der Waals surface area contributed by atoms with Gasteiger partial charge in [-0.25, -0.2) is 19.7 Å². The number of carbonyl (C=O) groups is 2. The number of hydrogen-bond donors (Lipinski definition) is 4. The van der Waals surface area contributed by atoms with Crippen LogP contribution in [0.1, 0.15) is 86.3 Å². The summed E-state index contributed by atoms with van der Waals surface area (Å²) in [5.41, 5.74) is 12.8. The van der Waals surface area contributed by atoms with Gasteiger partial charge in [0.05, 0.1) is 35.9 Å². The van der Waals surface area contributed by atoms with Crippen molar-refractivity contribution in [1.82, 2.24) is 29.8 Å². The molecule has 282 valence electrons. The van der Waals surface area contributed by atoms with E-state index in [4.69, 9.17) is 14.7 Å². The van der Waals surface area contributed by atoms with Gasteiger partial charge in [0.25, 0.3) is 0 Å². The first kappa shape index (κ1) is 37.3. The lowest BCUT2D eigenvalue weighted by Gasteiger charge is -2.24. The van der Waals surface area contributed by atoms with E-state index >= 15 is 0 Å². The molecule has 6 aromatic rings. The smallest absolute Gasteiger partial charge is 0.320 e. The van der Waals surface area contributed by atoms with Crippen molar-refractivity contribution in [3.05, 3.63) is 159 Å². The average molecular weight is 737 g/mol. The van der Waals surface area contributed by atoms with E-state index in [0.717, 1.165) is 53.2 Å². The second-order valence-corrected chi connectivity index (χ2v) is 14.4. The van der Waals surface area contributed by atoms with Gasteiger partial charge in [-0.2, -0.15) is 0 Å². The van der Waals surface area contributed by atoms with Crippen molar-refractivity contribution in [1.29, 1.82) is 0 Å². The number of aryl methyl sites for hydroxylation is 1. The molecule has 0 saturated carbocycles. The van der Waals surface area contributed by atoms with Gasteiger partial charge >= 0.3 is 6.03 Å². The molecular formula is C44H48N8O3. The second kappa shape index (κ2) is 16.5. The van der Waals surface area contributed by atoms with Crippen LogP contribution in [-0.2, 0) is 23.0 Å². The summed E-state index contributed by atoms with van der Waals surface area (Å²) in [6.45, 7) is 7.79. The summed E-state index contributed by atoms with van der Waals surface area (Å²) in [7, 11) is 3.56. The summed E-state index contributed by atoms with van der Waals surface area (Å²) >= 11 is 0. The number of rotatable bonds is 11. The zero-order valence-electron chi connectivity index (χ0n) is 32.0. The van der Waals surface area contributed by atoms with Crippen LogP contribution >= 0.6 is 0 Å². The number of anilines is 2. The molecule has 1 fully saturated rings. The number of ether oxygens (including phenoxy) is 1. The largest absolute Gasteiger partial charge is 0.381 e. The highest BCUT2D eigenvalue weighted by Crippen LogP contribution is 2.38. The quantitative estimate of drug-likeness (QED) is 0.109. The van der Waals surface area contributed by atoms with Gasteiger partial charge in [-0.1, -0.05) is 48.5 Å². The number of H-pyrrole nitrogens is 1. The lowest BCUT2D eigenvalue weighted by atomic mass is 9.82. The molecule has 0 spiro atoms. The van der Waals surface area contributed by atoms with Crippen molar-refractivity contribution in [2.45, 2.75) is 51.9 Å². The molecule has 55 heavy (non-hydrogen) atoms. The van der Waals surface area contributed by atoms with Gasteiger partial charge in [0.2, 0.25) is 5.91 Å². The number of imidazole rings is 2. The third-order valence-corrected chi connectivity index (χ3v) is 10.9. The van der Waals surface area contributed by atoms with Crippen molar-refractivity contribution in [2.75, 3.05) is 30.9 Å². The lowest BCUT2D eigenvalue weighted by Crippen LogP contribution is -2.28. The number of benzene rings is 3. The Kier molecular flexibility index (Phi) is 11.2. The van der Waals surface area contributed by atoms with E-state index in [-0.39, 0.29) is 29.7 Å². The molecule has 11 heteroatoms. The van der Waals surface area contributed by atoms with Gasteiger partial charge < -0.3 is 24.9 Å². The highest BCUT2D eigenvalue weighted by Gasteiger charge is 2.26. The second-order valence-electron chi connectivity index (χ2n) is 14.4. The van der Waals surface area contributed by atoms with Crippen LogP contribution in [0.2, 0.25) is 0 Å². The maximum absolute atomic E-state index is 13.2. The van der Waals surface area contributed by atoms with Gasteiger partial charge in [0.15, 0.2) is 0 Å². The third kappa shape index (κ3) is 8.22. The molecule has 2 unspecified atom stereocenters. The minimum Gasteiger partial charge on any atom is -0.381 e. The molecule has 0 radical (unpaired) electrons. The summed E-state index contributed by atoms with van der Waals surface area (Å²) in [5, 5.41) is 8.56. The Morgan fingerprint density at radius 2 is 1.64 bits per heavy atom. The maximum Gasteiger partial charge on any atom is 0.320 e. The van der Waals surface area contributed by atoms with Crippen LogP contribution in [0.5, 0.6) is 0 Å². The third-order valence-electron chi connectivity index (χ3n) is 10.9. The summed E-state index contributed by atoms with van der Waals surface area (Å²) in [4.78, 5) is 42.5. The van der Waals surface area contributed by atoms with Gasteiger partial charge in [0, 0.05) is 57.0 Å². The first-order valence-electron chi connectivity index (χ1n) is 18.8. The molecule has 3 aromatic carbocycles. The summed E-state index contributed by atoms with van der Waals surface area (Å²) < 4.78 is 7.45. The van der Waals surface area contributed by atoms with E-state index < -0.39 is 0 Å². The highest BCUT2D eigenvalue weighted by molar-refractivity contribution is 5.92. The fraction of sp³-hybridized carbons (Fsp3) is 0.295. The predicted octanol–water partition coefficient (Wildman–Crippen LogP) is 7.53. The lowest BCUT2D eigenvalue weighted by molar-refractivity contribution is -0.122. The Morgan fingerprint density at radius 3 is 2.38 bits per heavy atom. The fourth-order valence-electron chi connectivity index (χ4n) is 7.68. The Labute approximate surface area is 322 Å². The fourth-order valence-corrected chi connectivity index (χ4v) is 7.68. The normalized spacial score (nSPS) is 14.3. The number of aromatic amines is 1. The van der Waals surface area contributed by atoms with E-state index in [1.54, 1.807) is 19.4 Å². The first-order valence-corrected chi connectivity index (χ1v) is 18.8. The summed E-state index contributed by atoms with van der Waals surface area (Å²) in [6.07, 6.45) is 9.66. The van der Waals surface area contributed by atoms with Crippen molar-refractivity contribution in [3.8, 4) is 0 Å². The van der Waals surface area contributed by atoms with E-state index in [1.807, 2.05) is 48.4 Å². The molecule has 1 aliphatic heterocycles. The van der Waals surface area contributed by atoms with Gasteiger partial charge in [-0.15, -0.1) is 0 Å². The maximum atomic E-state index is 13.2. The van der Waals surface area contributed by atoms with Crippen LogP contribution in [0, 0.1) is 26.7 Å². The molecule has 1 aliphatic rings. The monoisotopic (exact) mass is 736 g/mol. The molecule has 0 bridgehead atoms. The van der Waals surface area contributed by atoms with Gasteiger partial charge in [-0.3, -0.25) is 10.1 Å². The number of aromatic nitrogens is 5. The Bertz CT molecular complexity index is 2290. The molecule has 4 heterocycles. The first-order chi connectivity index (χ1) is 26.7. The number of carbonyl (C=O) groups excluding carboxylic acids is 2. The molecule has 1 saturated heterocycles. The SMILES string of the molecule is CNC(=O)Nc1cccc(C(c2cnc[nH]2)c2ccc(Cc3cccc(C(c4cccc(NC(=O)C5CCOCC5)c4)c4cn(C)cn4)c3C)c(C)c2C)n1. The number of hydrogen-bond acceptors (Lipinski definition) is 6. The molecule has 7 rings (SSSR count). The van der Waals surface area contributed by atoms with Gasteiger partial charge in [0.1, 0.15) is 5.82 Å². The van der Waals surface area contributed by atoms with Crippen LogP contribution in [0.3, 0.4) is 0 Å². The van der Waals surface area contributed by atoms with E-state index in [0.29, 0.717) is 19.0 Å². The van der Waals surface area contributed by atoms with Crippen molar-refractivity contribution in [3.63, 3.8) is 0 Å². The number of nitrogens with zero attached hydrogens (tertiary/aromatic N) is 4. The minimum atomic E-state index is -0.326. The Hall–Kier alpha value is -6.07. The molecular weight excluding hydrogens is 689 g/mol. The van der Waals surface area contributed by atoms with Crippen LogP contribution in [0.25, 0.3) is 0 Å². The zero-order valence-corrected chi connectivity index (χ0v) is 32.0. The number of urea groups is 1. The Balaban J connectivity index is 1.20. The molecule has 2 atom stereocenters. The molecule has 3 aromatic heterocycles. The van der Waals surface area contributed by atoms with Crippen LogP contribution in [0.15, 0.2) is 97.8 Å². The number of nitrogens with one attached hydrogen (secondary N) is 4. The standard InChI is InChI=1S/C44H48N8O3/c1-27-28(2)36(42(38-23-46-25-47-38)37-13-8-14-40(50-37)51-44(54)45-4)16-15-32(27)21-31-9-7-12-35(29(31)3)41(39-24-52(5)26-48-39)33-10-6-11-34(22-33)49-43(53)30-17-19-55-20-18-30/h6-16,22-26,30,41-42H,17-21H2,1-5H3,(H,46,47)(H,49,53)(H2,45,50,51,54). The molecule has 4 N–H and O–H groups in total. The number of pyridine rings is 1. The van der Waals surface area contributed by atoms with E-state index in [1.165, 1.54) is 33.4 Å². The van der Waals surface area contributed by atoms with Crippen LogP contribution in [-0.4, -0.2) is 56.7 Å². The van der Waals surface area contributed by atoms with Crippen molar-refractivity contribution < 1.29 is 14.3 Å². The van der Waals surface area contributed by atoms with Crippen LogP contribution in [0.4, 0.5) is 16.3 Å². The summed E-state index contributed by atoms with van der Waals surface area (Å²) in [5.74, 6) is 0.119. The molecule has 0 aliphatic carbocycles. The van der Waals surface area contributed by atoms with Gasteiger partial charge in [-0.05, 0) is 109 Å². The van der Waals surface area contributed by atoms with Crippen molar-refractivity contribution in [2.24, 2.45) is 13.0 Å². The number of amides is 3. The highest BCUT2D eigenvalue weighted by atomic mass is 16.5. The summed E-state index contributed by atoms with van der Waals surface area (Å²) in [6, 6.07) is 24.5. The zero-order chi connectivity index (χ0) is 38.5. The topological polar surface area (TPSA) is 139 Å². The average Bonchev–Trinajstić information content (AvgIpc) is 3.89. The van der Waals surface area contributed by atoms with Crippen LogP contribution < -0.4 is 16.0 Å². The molecule has 11 nitrogen and oxygen atoms in total. The minimum absolute atomic E-state index is 0.0409. The molecule has 3 amide bonds. The predicted molar refractivity (Wildman–Crippen MR) is 215 cm³/mol. The van der Waals surface area contributed by atoms with Crippen molar-refractivity contribution >= 4 is 23.4 Å². The Morgan fingerprint density at radius 1 is 0.873 bits per heavy atom. The van der Waals surface area contributed by atoms with E-state index in [2.05, 4.69) is 95.4 Å². The van der Waals surface area contributed by atoms with E-state index in [9.17, 15) is 9.59 Å².